The molecule has 0 heterocycles. The molecule has 0 aromatic carbocycles. The zero-order valence-corrected chi connectivity index (χ0v) is 51.7. The summed E-state index contributed by atoms with van der Waals surface area (Å²) in [5, 5.41) is 0. The minimum absolute atomic E-state index is 0.0613. The van der Waals surface area contributed by atoms with Crippen molar-refractivity contribution in [3.8, 4) is 0 Å². The van der Waals surface area contributed by atoms with E-state index in [2.05, 4.69) is 34.6 Å². The van der Waals surface area contributed by atoms with Gasteiger partial charge in [-0.1, -0.05) is 356 Å². The molecule has 0 spiro atoms. The normalized spacial score (nSPS) is 12.4. The summed E-state index contributed by atoms with van der Waals surface area (Å²) in [7, 11) is 0. The first-order chi connectivity index (χ1) is 36.8. The second-order valence-corrected chi connectivity index (χ2v) is 24.5. The molecule has 0 aromatic rings. The molecular weight excluding hydrogens is 925 g/mol. The molecule has 0 fully saturated rings. The van der Waals surface area contributed by atoms with Crippen molar-refractivity contribution in [2.45, 2.75) is 400 Å². The van der Waals surface area contributed by atoms with Crippen LogP contribution in [0.4, 0.5) is 0 Å². The number of esters is 3. The zero-order valence-electron chi connectivity index (χ0n) is 51.7. The predicted octanol–water partition coefficient (Wildman–Crippen LogP) is 23.2. The van der Waals surface area contributed by atoms with E-state index >= 15 is 0 Å². The minimum atomic E-state index is -0.764. The fraction of sp³-hybridized carbons (Fsp3) is 0.957. The van der Waals surface area contributed by atoms with Crippen LogP contribution < -0.4 is 0 Å². The van der Waals surface area contributed by atoms with Gasteiger partial charge in [-0.05, 0) is 31.1 Å². The number of carbonyl (C=O) groups excluding carboxylic acids is 3. The average molecular weight is 1060 g/mol. The van der Waals surface area contributed by atoms with Gasteiger partial charge in [-0.2, -0.15) is 0 Å². The van der Waals surface area contributed by atoms with Crippen LogP contribution in [0, 0.1) is 11.8 Å². The number of carbonyl (C=O) groups is 3. The third kappa shape index (κ3) is 61.5. The molecule has 75 heavy (non-hydrogen) atoms. The van der Waals surface area contributed by atoms with Gasteiger partial charge in [0, 0.05) is 19.3 Å². The number of hydrogen-bond acceptors (Lipinski definition) is 6. The Morgan fingerprint density at radius 2 is 0.507 bits per heavy atom. The molecule has 0 bridgehead atoms. The van der Waals surface area contributed by atoms with Crippen LogP contribution >= 0.6 is 0 Å². The van der Waals surface area contributed by atoms with Crippen LogP contribution in [-0.4, -0.2) is 37.2 Å². The van der Waals surface area contributed by atoms with Gasteiger partial charge in [0.15, 0.2) is 6.10 Å². The Morgan fingerprint density at radius 1 is 0.280 bits per heavy atom. The number of hydrogen-bond donors (Lipinski definition) is 0. The lowest BCUT2D eigenvalue weighted by Gasteiger charge is -2.18. The third-order valence-corrected chi connectivity index (χ3v) is 16.3. The number of ether oxygens (including phenoxy) is 3. The Bertz CT molecular complexity index is 1150. The summed E-state index contributed by atoms with van der Waals surface area (Å²) in [5.74, 6) is 0.937. The highest BCUT2D eigenvalue weighted by molar-refractivity contribution is 5.71. The van der Waals surface area contributed by atoms with Gasteiger partial charge >= 0.3 is 17.9 Å². The van der Waals surface area contributed by atoms with E-state index in [1.807, 2.05) is 0 Å². The van der Waals surface area contributed by atoms with E-state index in [-0.39, 0.29) is 31.1 Å². The van der Waals surface area contributed by atoms with E-state index in [1.165, 1.54) is 283 Å². The van der Waals surface area contributed by atoms with Crippen LogP contribution in [0.2, 0.25) is 0 Å². The maximum absolute atomic E-state index is 12.9. The fourth-order valence-corrected chi connectivity index (χ4v) is 10.8. The number of rotatable bonds is 63. The van der Waals surface area contributed by atoms with Crippen molar-refractivity contribution in [2.75, 3.05) is 13.2 Å². The maximum atomic E-state index is 12.9. The molecule has 0 aliphatic rings. The van der Waals surface area contributed by atoms with Crippen molar-refractivity contribution in [3.05, 3.63) is 0 Å². The van der Waals surface area contributed by atoms with Crippen molar-refractivity contribution in [1.29, 1.82) is 0 Å². The van der Waals surface area contributed by atoms with E-state index in [1.54, 1.807) is 0 Å². The first-order valence-electron chi connectivity index (χ1n) is 34.3. The van der Waals surface area contributed by atoms with E-state index in [0.717, 1.165) is 69.6 Å². The third-order valence-electron chi connectivity index (χ3n) is 16.3. The molecule has 0 aliphatic heterocycles. The van der Waals surface area contributed by atoms with E-state index < -0.39 is 6.10 Å². The van der Waals surface area contributed by atoms with Crippen LogP contribution in [0.25, 0.3) is 0 Å². The molecule has 6 nitrogen and oxygen atoms in total. The van der Waals surface area contributed by atoms with Crippen LogP contribution in [0.5, 0.6) is 0 Å². The van der Waals surface area contributed by atoms with Crippen molar-refractivity contribution < 1.29 is 28.6 Å². The molecule has 0 amide bonds. The van der Waals surface area contributed by atoms with Crippen molar-refractivity contribution >= 4 is 17.9 Å². The molecule has 446 valence electrons. The lowest BCUT2D eigenvalue weighted by molar-refractivity contribution is -0.167. The Balaban J connectivity index is 4.26. The van der Waals surface area contributed by atoms with Gasteiger partial charge in [0.25, 0.3) is 0 Å². The lowest BCUT2D eigenvalue weighted by atomic mass is 9.99. The molecule has 6 heteroatoms. The molecular formula is C69H134O6. The van der Waals surface area contributed by atoms with Crippen molar-refractivity contribution in [2.24, 2.45) is 11.8 Å². The highest BCUT2D eigenvalue weighted by atomic mass is 16.6. The maximum Gasteiger partial charge on any atom is 0.306 e. The van der Waals surface area contributed by atoms with Crippen LogP contribution in [-0.2, 0) is 28.6 Å². The smallest absolute Gasteiger partial charge is 0.306 e. The van der Waals surface area contributed by atoms with Gasteiger partial charge in [0.1, 0.15) is 13.2 Å². The SMILES string of the molecule is CCCCCCCCCCCCCCCCCCC(=O)O[C@H](COC(=O)CCCCCCCCCCCCCCCCCCCCC(C)CC)COC(=O)CCCCCCCCCCCCCCCCCCC(C)C. The summed E-state index contributed by atoms with van der Waals surface area (Å²) in [6.45, 7) is 11.5. The Hall–Kier alpha value is -1.59. The molecule has 0 rings (SSSR count). The summed E-state index contributed by atoms with van der Waals surface area (Å²) >= 11 is 0. The molecule has 0 N–H and O–H groups in total. The summed E-state index contributed by atoms with van der Waals surface area (Å²) in [5.41, 5.74) is 0. The Kier molecular flexibility index (Phi) is 60.3. The summed E-state index contributed by atoms with van der Waals surface area (Å²) in [6, 6.07) is 0. The molecule has 0 saturated carbocycles. The monoisotopic (exact) mass is 1060 g/mol. The average Bonchev–Trinajstić information content (AvgIpc) is 3.40. The van der Waals surface area contributed by atoms with Crippen molar-refractivity contribution in [1.82, 2.24) is 0 Å². The number of unbranched alkanes of at least 4 members (excludes halogenated alkanes) is 47. The van der Waals surface area contributed by atoms with Gasteiger partial charge < -0.3 is 14.2 Å². The van der Waals surface area contributed by atoms with Crippen LogP contribution in [0.3, 0.4) is 0 Å². The second-order valence-electron chi connectivity index (χ2n) is 24.5. The van der Waals surface area contributed by atoms with Gasteiger partial charge in [0.05, 0.1) is 0 Å². The minimum Gasteiger partial charge on any atom is -0.462 e. The first kappa shape index (κ1) is 73.4. The topological polar surface area (TPSA) is 78.9 Å². The molecule has 1 unspecified atom stereocenters. The molecule has 0 aliphatic carbocycles. The van der Waals surface area contributed by atoms with Crippen LogP contribution in [0.15, 0.2) is 0 Å². The molecule has 0 saturated heterocycles. The molecule has 0 radical (unpaired) electrons. The van der Waals surface area contributed by atoms with E-state index in [4.69, 9.17) is 14.2 Å². The van der Waals surface area contributed by atoms with Gasteiger partial charge in [-0.25, -0.2) is 0 Å². The van der Waals surface area contributed by atoms with Gasteiger partial charge in [-0.15, -0.1) is 0 Å². The van der Waals surface area contributed by atoms with Gasteiger partial charge in [-0.3, -0.25) is 14.4 Å². The second kappa shape index (κ2) is 61.6. The fourth-order valence-electron chi connectivity index (χ4n) is 10.8. The summed E-state index contributed by atoms with van der Waals surface area (Å²) < 4.78 is 17.0. The standard InChI is InChI=1S/C69H134O6/c1-6-8-9-10-11-12-13-14-15-24-31-36-41-46-51-56-61-69(72)75-66(63-74-68(71)60-55-50-45-40-35-30-26-21-20-22-27-32-37-42-47-52-57-64(3)4)62-73-67(70)59-54-49-44-39-34-29-25-19-17-16-18-23-28-33-38-43-48-53-58-65(5)7-2/h64-66H,6-63H2,1-5H3/t65?,66-/m1/s1. The lowest BCUT2D eigenvalue weighted by Crippen LogP contribution is -2.30. The predicted molar refractivity (Wildman–Crippen MR) is 326 cm³/mol. The molecule has 0 aromatic heterocycles. The highest BCUT2D eigenvalue weighted by Gasteiger charge is 2.20. The Labute approximate surface area is 469 Å². The van der Waals surface area contributed by atoms with Crippen LogP contribution in [0.1, 0.15) is 394 Å². The van der Waals surface area contributed by atoms with Gasteiger partial charge in [0.2, 0.25) is 0 Å². The largest absolute Gasteiger partial charge is 0.462 e. The van der Waals surface area contributed by atoms with E-state index in [0.29, 0.717) is 19.3 Å². The van der Waals surface area contributed by atoms with E-state index in [9.17, 15) is 14.4 Å². The first-order valence-corrected chi connectivity index (χ1v) is 34.3. The molecule has 2 atom stereocenters. The zero-order chi connectivity index (χ0) is 54.6. The summed E-state index contributed by atoms with van der Waals surface area (Å²) in [4.78, 5) is 38.4. The quantitative estimate of drug-likeness (QED) is 0.0343. The van der Waals surface area contributed by atoms with Crippen molar-refractivity contribution in [3.63, 3.8) is 0 Å². The Morgan fingerprint density at radius 3 is 0.760 bits per heavy atom. The summed E-state index contributed by atoms with van der Waals surface area (Å²) in [6.07, 6.45) is 69.6. The highest BCUT2D eigenvalue weighted by Crippen LogP contribution is 2.20.